The fourth-order valence-electron chi connectivity index (χ4n) is 4.54. The highest BCUT2D eigenvalue weighted by Crippen LogP contribution is 2.39. The van der Waals surface area contributed by atoms with Crippen molar-refractivity contribution in [3.8, 4) is 22.9 Å². The van der Waals surface area contributed by atoms with Crippen LogP contribution in [0.15, 0.2) is 61.1 Å². The minimum atomic E-state index is -3.54. The molecule has 4 aromatic rings. The van der Waals surface area contributed by atoms with Gasteiger partial charge in [0.2, 0.25) is 15.9 Å². The van der Waals surface area contributed by atoms with E-state index in [4.69, 9.17) is 4.74 Å². The Morgan fingerprint density at radius 2 is 1.79 bits per heavy atom. The molecule has 9 nitrogen and oxygen atoms in total. The topological polar surface area (TPSA) is 118 Å². The molecule has 2 aromatic heterocycles. The largest absolute Gasteiger partial charge is 0.436 e. The van der Waals surface area contributed by atoms with Crippen LogP contribution in [0.25, 0.3) is 22.0 Å². The fourth-order valence-corrected chi connectivity index (χ4v) is 5.25. The quantitative estimate of drug-likeness (QED) is 0.279. The van der Waals surface area contributed by atoms with E-state index in [1.807, 2.05) is 43.3 Å². The van der Waals surface area contributed by atoms with E-state index >= 15 is 0 Å². The van der Waals surface area contributed by atoms with Gasteiger partial charge in [-0.15, -0.1) is 0 Å². The summed E-state index contributed by atoms with van der Waals surface area (Å²) in [5, 5.41) is 7.24. The molecule has 2 aromatic carbocycles. The van der Waals surface area contributed by atoms with Crippen LogP contribution in [0.1, 0.15) is 25.8 Å². The molecule has 5 rings (SSSR count). The molecule has 0 aliphatic carbocycles. The number of piperidine rings is 1. The number of sulfonamides is 1. The number of halogens is 1. The van der Waals surface area contributed by atoms with Crippen molar-refractivity contribution in [2.45, 2.75) is 44.7 Å². The lowest BCUT2D eigenvalue weighted by molar-refractivity contribution is 0.255. The number of pyridine rings is 1. The molecule has 204 valence electrons. The molecule has 0 spiro atoms. The van der Waals surface area contributed by atoms with Gasteiger partial charge >= 0.3 is 0 Å². The van der Waals surface area contributed by atoms with Crippen molar-refractivity contribution < 1.29 is 17.5 Å². The first-order valence-electron chi connectivity index (χ1n) is 12.8. The number of anilines is 2. The number of fused-ring (bicyclic) bond motifs is 1. The number of nitrogens with one attached hydrogen (secondary N) is 3. The fraction of sp³-hybridized carbons (Fsp3) is 0.321. The Labute approximate surface area is 227 Å². The van der Waals surface area contributed by atoms with Gasteiger partial charge in [0.05, 0.1) is 10.9 Å². The normalized spacial score (nSPS) is 17.8. The zero-order valence-corrected chi connectivity index (χ0v) is 22.8. The van der Waals surface area contributed by atoms with Crippen LogP contribution in [0.3, 0.4) is 0 Å². The molecule has 39 heavy (non-hydrogen) atoms. The van der Waals surface area contributed by atoms with E-state index in [1.165, 1.54) is 0 Å². The number of aryl methyl sites for hydroxylation is 1. The number of aromatic nitrogens is 3. The maximum Gasteiger partial charge on any atom is 0.246 e. The Morgan fingerprint density at radius 1 is 1.03 bits per heavy atom. The molecule has 2 atom stereocenters. The monoisotopic (exact) mass is 550 g/mol. The molecule has 3 heterocycles. The maximum absolute atomic E-state index is 13.8. The third-order valence-electron chi connectivity index (χ3n) is 6.60. The van der Waals surface area contributed by atoms with Gasteiger partial charge in [-0.25, -0.2) is 27.8 Å². The Kier molecular flexibility index (Phi) is 7.62. The minimum absolute atomic E-state index is 0.0743. The molecule has 0 bridgehead atoms. The number of benzene rings is 2. The standard InChI is InChI=1S/C28H31FN6O3S/c1-17(2)39(36,37)35-24-12-18(3)27(23-7-5-4-6-22(23)24)38-28-26(32-10-11-33-28)19-8-9-31-25(13-19)34-21-14-20(29)15-30-16-21/h4-13,17,20-21,30,35H,14-16H2,1-3H3,(H,31,34). The second-order valence-electron chi connectivity index (χ2n) is 9.89. The third kappa shape index (κ3) is 5.94. The average molecular weight is 551 g/mol. The van der Waals surface area contributed by atoms with Crippen LogP contribution in [0, 0.1) is 6.92 Å². The predicted octanol–water partition coefficient (Wildman–Crippen LogP) is 5.05. The summed E-state index contributed by atoms with van der Waals surface area (Å²) in [7, 11) is -3.54. The van der Waals surface area contributed by atoms with Crippen LogP contribution in [-0.4, -0.2) is 53.9 Å². The summed E-state index contributed by atoms with van der Waals surface area (Å²) >= 11 is 0. The van der Waals surface area contributed by atoms with Gasteiger partial charge in [0.15, 0.2) is 0 Å². The minimum Gasteiger partial charge on any atom is -0.436 e. The molecule has 11 heteroatoms. The zero-order chi connectivity index (χ0) is 27.6. The highest BCUT2D eigenvalue weighted by atomic mass is 32.2. The first-order valence-corrected chi connectivity index (χ1v) is 14.4. The molecule has 3 N–H and O–H groups in total. The summed E-state index contributed by atoms with van der Waals surface area (Å²) < 4.78 is 48.2. The number of alkyl halides is 1. The summed E-state index contributed by atoms with van der Waals surface area (Å²) in [6.07, 6.45) is 4.31. The first-order chi connectivity index (χ1) is 18.7. The molecule has 0 amide bonds. The average Bonchev–Trinajstić information content (AvgIpc) is 2.91. The van der Waals surface area contributed by atoms with E-state index in [9.17, 15) is 12.8 Å². The van der Waals surface area contributed by atoms with Crippen LogP contribution >= 0.6 is 0 Å². The molecule has 0 saturated carbocycles. The van der Waals surface area contributed by atoms with E-state index < -0.39 is 21.4 Å². The van der Waals surface area contributed by atoms with E-state index in [1.54, 1.807) is 38.5 Å². The van der Waals surface area contributed by atoms with E-state index in [-0.39, 0.29) is 6.04 Å². The van der Waals surface area contributed by atoms with E-state index in [0.717, 1.165) is 16.5 Å². The molecule has 0 radical (unpaired) electrons. The molecular weight excluding hydrogens is 519 g/mol. The predicted molar refractivity (Wildman–Crippen MR) is 151 cm³/mol. The smallest absolute Gasteiger partial charge is 0.246 e. The van der Waals surface area contributed by atoms with Gasteiger partial charge < -0.3 is 15.4 Å². The van der Waals surface area contributed by atoms with E-state index in [2.05, 4.69) is 30.3 Å². The summed E-state index contributed by atoms with van der Waals surface area (Å²) in [5.74, 6) is 1.45. The van der Waals surface area contributed by atoms with Crippen molar-refractivity contribution in [2.75, 3.05) is 23.1 Å². The van der Waals surface area contributed by atoms with Crippen LogP contribution < -0.4 is 20.1 Å². The molecule has 2 unspecified atom stereocenters. The number of hydrogen-bond donors (Lipinski definition) is 3. The van der Waals surface area contributed by atoms with Crippen molar-refractivity contribution in [3.05, 3.63) is 66.6 Å². The Hall–Kier alpha value is -3.83. The van der Waals surface area contributed by atoms with Crippen molar-refractivity contribution in [2.24, 2.45) is 0 Å². The van der Waals surface area contributed by atoms with Crippen molar-refractivity contribution in [1.82, 2.24) is 20.3 Å². The number of rotatable bonds is 8. The zero-order valence-electron chi connectivity index (χ0n) is 22.0. The van der Waals surface area contributed by atoms with Gasteiger partial charge in [-0.3, -0.25) is 4.72 Å². The van der Waals surface area contributed by atoms with Crippen LogP contribution in [-0.2, 0) is 10.0 Å². The maximum atomic E-state index is 13.8. The summed E-state index contributed by atoms with van der Waals surface area (Å²) in [4.78, 5) is 13.4. The lowest BCUT2D eigenvalue weighted by Gasteiger charge is -2.26. The Morgan fingerprint density at radius 3 is 2.56 bits per heavy atom. The van der Waals surface area contributed by atoms with Gasteiger partial charge in [0, 0.05) is 60.5 Å². The highest BCUT2D eigenvalue weighted by Gasteiger charge is 2.23. The number of hydrogen-bond acceptors (Lipinski definition) is 8. The molecule has 1 aliphatic heterocycles. The second-order valence-corrected chi connectivity index (χ2v) is 12.1. The Balaban J connectivity index is 1.49. The lowest BCUT2D eigenvalue weighted by Crippen LogP contribution is -2.44. The van der Waals surface area contributed by atoms with Crippen LogP contribution in [0.5, 0.6) is 11.6 Å². The number of nitrogens with zero attached hydrogens (tertiary/aromatic N) is 3. The number of ether oxygens (including phenoxy) is 1. The molecular formula is C28H31FN6O3S. The summed E-state index contributed by atoms with van der Waals surface area (Å²) in [6, 6.07) is 12.8. The third-order valence-corrected chi connectivity index (χ3v) is 8.34. The summed E-state index contributed by atoms with van der Waals surface area (Å²) in [5.41, 5.74) is 2.47. The molecule has 1 fully saturated rings. The van der Waals surface area contributed by atoms with Crippen molar-refractivity contribution in [1.29, 1.82) is 0 Å². The van der Waals surface area contributed by atoms with Gasteiger partial charge in [0.25, 0.3) is 0 Å². The highest BCUT2D eigenvalue weighted by molar-refractivity contribution is 7.93. The van der Waals surface area contributed by atoms with Crippen molar-refractivity contribution >= 4 is 32.3 Å². The van der Waals surface area contributed by atoms with Crippen molar-refractivity contribution in [3.63, 3.8) is 0 Å². The summed E-state index contributed by atoms with van der Waals surface area (Å²) in [6.45, 7) is 6.14. The SMILES string of the molecule is Cc1cc(NS(=O)(=O)C(C)C)c2ccccc2c1Oc1nccnc1-c1ccnc(NC2CNCC(F)C2)c1. The van der Waals surface area contributed by atoms with Gasteiger partial charge in [0.1, 0.15) is 23.4 Å². The molecule has 1 saturated heterocycles. The second kappa shape index (κ2) is 11.1. The first kappa shape index (κ1) is 26.8. The van der Waals surface area contributed by atoms with E-state index in [0.29, 0.717) is 53.7 Å². The van der Waals surface area contributed by atoms with Gasteiger partial charge in [-0.05, 0) is 44.5 Å². The van der Waals surface area contributed by atoms with Gasteiger partial charge in [-0.2, -0.15) is 0 Å². The molecule has 1 aliphatic rings. The Bertz CT molecular complexity index is 1600. The lowest BCUT2D eigenvalue weighted by atomic mass is 10.0. The van der Waals surface area contributed by atoms with Crippen LogP contribution in [0.2, 0.25) is 0 Å². The van der Waals surface area contributed by atoms with Crippen LogP contribution in [0.4, 0.5) is 15.9 Å². The van der Waals surface area contributed by atoms with Gasteiger partial charge in [-0.1, -0.05) is 24.3 Å².